The minimum atomic E-state index is -0.690. The molecule has 0 aromatic heterocycles. The zero-order valence-electron chi connectivity index (χ0n) is 15.4. The topological polar surface area (TPSA) is 107 Å². The fraction of sp³-hybridized carbons (Fsp3) is 0.381. The molecule has 27 heavy (non-hydrogen) atoms. The average molecular weight is 374 g/mol. The lowest BCUT2D eigenvalue weighted by Crippen LogP contribution is -2.02. The van der Waals surface area contributed by atoms with Crippen molar-refractivity contribution in [2.75, 3.05) is 13.2 Å². The van der Waals surface area contributed by atoms with Crippen LogP contribution >= 0.6 is 0 Å². The number of carbonyl (C=O) groups is 1. The number of benzene rings is 1. The lowest BCUT2D eigenvalue weighted by atomic mass is 10.0. The normalized spacial score (nSPS) is 16.9. The summed E-state index contributed by atoms with van der Waals surface area (Å²) in [4.78, 5) is 12.0. The molecule has 0 aliphatic carbocycles. The van der Waals surface area contributed by atoms with Crippen molar-refractivity contribution in [3.05, 3.63) is 58.7 Å². The Kier molecular flexibility index (Phi) is 7.64. The van der Waals surface area contributed by atoms with Gasteiger partial charge in [0.05, 0.1) is 13.2 Å². The van der Waals surface area contributed by atoms with Gasteiger partial charge >= 0.3 is 5.97 Å². The molecule has 1 aliphatic heterocycles. The average Bonchev–Trinajstić information content (AvgIpc) is 3.01. The summed E-state index contributed by atoms with van der Waals surface area (Å²) in [5.74, 6) is -0.442. The van der Waals surface area contributed by atoms with Crippen molar-refractivity contribution in [3.8, 4) is 11.5 Å². The number of rotatable bonds is 9. The highest BCUT2D eigenvalue weighted by Crippen LogP contribution is 2.36. The van der Waals surface area contributed by atoms with E-state index in [9.17, 15) is 15.0 Å². The van der Waals surface area contributed by atoms with Crippen molar-refractivity contribution < 1.29 is 30.0 Å². The summed E-state index contributed by atoms with van der Waals surface area (Å²) in [6.45, 7) is 1.73. The molecule has 0 fully saturated rings. The van der Waals surface area contributed by atoms with Gasteiger partial charge in [0.25, 0.3) is 0 Å². The van der Waals surface area contributed by atoms with Gasteiger partial charge < -0.3 is 25.2 Å². The van der Waals surface area contributed by atoms with Crippen LogP contribution in [0.5, 0.6) is 11.5 Å². The molecule has 0 bridgehead atoms. The van der Waals surface area contributed by atoms with E-state index in [0.29, 0.717) is 29.6 Å². The first-order chi connectivity index (χ1) is 12.9. The number of aliphatic hydroxyl groups is 2. The lowest BCUT2D eigenvalue weighted by molar-refractivity contribution is -0.140. The van der Waals surface area contributed by atoms with Crippen LogP contribution in [0.25, 0.3) is 0 Å². The van der Waals surface area contributed by atoms with Gasteiger partial charge in [0, 0.05) is 11.1 Å². The molecular weight excluding hydrogens is 348 g/mol. The number of aromatic hydroxyl groups is 2. The van der Waals surface area contributed by atoms with E-state index in [1.54, 1.807) is 6.08 Å². The van der Waals surface area contributed by atoms with E-state index in [2.05, 4.69) is 6.08 Å². The van der Waals surface area contributed by atoms with Gasteiger partial charge in [-0.2, -0.15) is 0 Å². The van der Waals surface area contributed by atoms with E-state index >= 15 is 0 Å². The molecule has 1 aromatic rings. The van der Waals surface area contributed by atoms with E-state index in [0.717, 1.165) is 18.4 Å². The minimum absolute atomic E-state index is 0.00106. The van der Waals surface area contributed by atoms with Gasteiger partial charge in [0.15, 0.2) is 0 Å². The smallest absolute Gasteiger partial charge is 0.334 e. The molecule has 1 aliphatic rings. The summed E-state index contributed by atoms with van der Waals surface area (Å²) in [6.07, 6.45) is 7.64. The maximum Gasteiger partial charge on any atom is 0.334 e. The first-order valence-electron chi connectivity index (χ1n) is 8.93. The second-order valence-corrected chi connectivity index (χ2v) is 6.57. The van der Waals surface area contributed by atoms with Crippen LogP contribution in [-0.4, -0.2) is 39.6 Å². The number of phenols is 2. The predicted molar refractivity (Wildman–Crippen MR) is 101 cm³/mol. The lowest BCUT2D eigenvalue weighted by Gasteiger charge is -2.10. The molecule has 0 spiro atoms. The zero-order chi connectivity index (χ0) is 19.8. The highest BCUT2D eigenvalue weighted by Gasteiger charge is 2.28. The molecule has 0 amide bonds. The molecule has 6 nitrogen and oxygen atoms in total. The SMILES string of the molecule is C/C(=C\CCC1=C[C@H](c2cc(O)ccc2O)OC1=O)CCC=C(CO)CO. The third-order valence-electron chi connectivity index (χ3n) is 4.45. The van der Waals surface area contributed by atoms with Crippen LogP contribution in [-0.2, 0) is 9.53 Å². The Morgan fingerprint density at radius 3 is 2.59 bits per heavy atom. The maximum absolute atomic E-state index is 12.0. The Morgan fingerprint density at radius 2 is 1.89 bits per heavy atom. The van der Waals surface area contributed by atoms with Crippen LogP contribution in [0.2, 0.25) is 0 Å². The second kappa shape index (κ2) is 9.94. The van der Waals surface area contributed by atoms with Gasteiger partial charge in [-0.25, -0.2) is 4.79 Å². The number of hydrogen-bond acceptors (Lipinski definition) is 6. The summed E-state index contributed by atoms with van der Waals surface area (Å²) in [6, 6.07) is 4.12. The fourth-order valence-corrected chi connectivity index (χ4v) is 2.84. The first kappa shape index (κ1) is 20.7. The summed E-state index contributed by atoms with van der Waals surface area (Å²) in [5.41, 5.74) is 2.69. The van der Waals surface area contributed by atoms with Gasteiger partial charge in [-0.3, -0.25) is 0 Å². The number of phenolic OH excluding ortho intramolecular Hbond substituents is 2. The van der Waals surface area contributed by atoms with Gasteiger partial charge in [0.2, 0.25) is 0 Å². The third-order valence-corrected chi connectivity index (χ3v) is 4.45. The molecule has 0 radical (unpaired) electrons. The van der Waals surface area contributed by atoms with Crippen LogP contribution in [0.4, 0.5) is 0 Å². The largest absolute Gasteiger partial charge is 0.508 e. The number of carbonyl (C=O) groups excluding carboxylic acids is 1. The highest BCUT2D eigenvalue weighted by atomic mass is 16.5. The quantitative estimate of drug-likeness (QED) is 0.301. The molecule has 1 heterocycles. The summed E-state index contributed by atoms with van der Waals surface area (Å²) < 4.78 is 5.29. The zero-order valence-corrected chi connectivity index (χ0v) is 15.4. The molecule has 6 heteroatoms. The number of aliphatic hydroxyl groups excluding tert-OH is 2. The van der Waals surface area contributed by atoms with Crippen molar-refractivity contribution >= 4 is 5.97 Å². The van der Waals surface area contributed by atoms with Crippen LogP contribution in [0, 0.1) is 0 Å². The molecule has 0 unspecified atom stereocenters. The van der Waals surface area contributed by atoms with E-state index < -0.39 is 12.1 Å². The molecule has 0 saturated heterocycles. The molecule has 146 valence electrons. The van der Waals surface area contributed by atoms with Crippen molar-refractivity contribution in [1.29, 1.82) is 0 Å². The van der Waals surface area contributed by atoms with Crippen molar-refractivity contribution in [2.45, 2.75) is 38.7 Å². The van der Waals surface area contributed by atoms with Crippen molar-refractivity contribution in [3.63, 3.8) is 0 Å². The number of esters is 1. The van der Waals surface area contributed by atoms with E-state index in [-0.39, 0.29) is 24.7 Å². The van der Waals surface area contributed by atoms with Crippen LogP contribution in [0.15, 0.2) is 53.1 Å². The Labute approximate surface area is 158 Å². The Bertz CT molecular complexity index is 754. The molecule has 1 atom stereocenters. The maximum atomic E-state index is 12.0. The van der Waals surface area contributed by atoms with E-state index in [4.69, 9.17) is 14.9 Å². The molecule has 4 N–H and O–H groups in total. The number of hydrogen-bond donors (Lipinski definition) is 4. The number of allylic oxidation sites excluding steroid dienone is 3. The number of ether oxygens (including phenoxy) is 1. The van der Waals surface area contributed by atoms with Gasteiger partial charge in [-0.1, -0.05) is 17.7 Å². The first-order valence-corrected chi connectivity index (χ1v) is 8.93. The Balaban J connectivity index is 1.90. The van der Waals surface area contributed by atoms with Gasteiger partial charge in [0.1, 0.15) is 17.6 Å². The van der Waals surface area contributed by atoms with Crippen molar-refractivity contribution in [2.24, 2.45) is 0 Å². The molecule has 0 saturated carbocycles. The van der Waals surface area contributed by atoms with E-state index in [1.807, 2.05) is 13.0 Å². The van der Waals surface area contributed by atoms with Crippen LogP contribution < -0.4 is 0 Å². The molecular formula is C21H26O6. The van der Waals surface area contributed by atoms with Gasteiger partial charge in [-0.15, -0.1) is 0 Å². The predicted octanol–water partition coefficient (Wildman–Crippen LogP) is 3.04. The van der Waals surface area contributed by atoms with Crippen molar-refractivity contribution in [1.82, 2.24) is 0 Å². The van der Waals surface area contributed by atoms with Crippen LogP contribution in [0.3, 0.4) is 0 Å². The van der Waals surface area contributed by atoms with E-state index in [1.165, 1.54) is 18.2 Å². The minimum Gasteiger partial charge on any atom is -0.508 e. The summed E-state index contributed by atoms with van der Waals surface area (Å²) >= 11 is 0. The fourth-order valence-electron chi connectivity index (χ4n) is 2.84. The monoisotopic (exact) mass is 374 g/mol. The van der Waals surface area contributed by atoms with Crippen LogP contribution in [0.1, 0.15) is 44.3 Å². The Hall–Kier alpha value is -2.57. The summed E-state index contributed by atoms with van der Waals surface area (Å²) in [7, 11) is 0. The standard InChI is InChI=1S/C21H26O6/c1-14(4-2-6-15(12-22)13-23)5-3-7-16-10-20(27-21(16)26)18-11-17(24)8-9-19(18)25/h5-6,8-11,20,22-25H,2-4,7,12-13H2,1H3/b14-5+/t20-/m1/s1. The molecule has 1 aromatic carbocycles. The summed E-state index contributed by atoms with van der Waals surface area (Å²) in [5, 5.41) is 37.4. The Morgan fingerprint density at radius 1 is 1.15 bits per heavy atom. The third kappa shape index (κ3) is 5.98. The highest BCUT2D eigenvalue weighted by molar-refractivity contribution is 5.91. The molecule has 2 rings (SSSR count). The van der Waals surface area contributed by atoms with Gasteiger partial charge in [-0.05, 0) is 62.5 Å². The number of cyclic esters (lactones) is 1. The second-order valence-electron chi connectivity index (χ2n) is 6.57.